The number of hydrogen-bond donors (Lipinski definition) is 1. The Balaban J connectivity index is 2.05. The summed E-state index contributed by atoms with van der Waals surface area (Å²) in [4.78, 5) is 2.50. The van der Waals surface area contributed by atoms with Gasteiger partial charge in [-0.3, -0.25) is 0 Å². The van der Waals surface area contributed by atoms with Gasteiger partial charge < -0.3 is 10.2 Å². The maximum Gasteiger partial charge on any atom is 0.0426 e. The third-order valence-corrected chi connectivity index (χ3v) is 4.07. The molecule has 0 bridgehead atoms. The van der Waals surface area contributed by atoms with Gasteiger partial charge in [-0.1, -0.05) is 17.7 Å². The van der Waals surface area contributed by atoms with Gasteiger partial charge >= 0.3 is 0 Å². The molecule has 1 heterocycles. The number of hydrogen-bond acceptors (Lipinski definition) is 2. The predicted molar refractivity (Wildman–Crippen MR) is 79.7 cm³/mol. The molecule has 18 heavy (non-hydrogen) atoms. The standard InChI is InChI=1S/C15H23ClN2/c1-12-5-6-14(16)10-15(12)18-9-3-4-13(11-18)7-8-17-2/h5-6,10,13,17H,3-4,7-9,11H2,1-2H3. The second-order valence-corrected chi connectivity index (χ2v) is 5.71. The SMILES string of the molecule is CNCCC1CCCN(c2cc(Cl)ccc2C)C1. The van der Waals surface area contributed by atoms with Gasteiger partial charge in [0.15, 0.2) is 0 Å². The maximum atomic E-state index is 6.12. The molecule has 1 atom stereocenters. The molecule has 0 saturated carbocycles. The minimum atomic E-state index is 0.810. The number of halogens is 1. The van der Waals surface area contributed by atoms with Crippen LogP contribution in [0, 0.1) is 12.8 Å². The summed E-state index contributed by atoms with van der Waals surface area (Å²) in [5.41, 5.74) is 2.64. The second-order valence-electron chi connectivity index (χ2n) is 5.28. The van der Waals surface area contributed by atoms with Gasteiger partial charge in [-0.2, -0.15) is 0 Å². The van der Waals surface area contributed by atoms with Crippen molar-refractivity contribution in [3.05, 3.63) is 28.8 Å². The Morgan fingerprint density at radius 1 is 1.44 bits per heavy atom. The molecule has 0 spiro atoms. The first kappa shape index (κ1) is 13.7. The van der Waals surface area contributed by atoms with E-state index in [2.05, 4.69) is 29.3 Å². The summed E-state index contributed by atoms with van der Waals surface area (Å²) in [5, 5.41) is 4.09. The molecule has 1 aliphatic rings. The molecule has 1 aromatic rings. The molecule has 1 aromatic carbocycles. The van der Waals surface area contributed by atoms with Gasteiger partial charge in [0.05, 0.1) is 0 Å². The lowest BCUT2D eigenvalue weighted by molar-refractivity contribution is 0.387. The minimum Gasteiger partial charge on any atom is -0.371 e. The quantitative estimate of drug-likeness (QED) is 0.898. The summed E-state index contributed by atoms with van der Waals surface area (Å²) in [6.07, 6.45) is 3.92. The van der Waals surface area contributed by atoms with Crippen LogP contribution >= 0.6 is 11.6 Å². The fourth-order valence-corrected chi connectivity index (χ4v) is 2.96. The lowest BCUT2D eigenvalue weighted by Gasteiger charge is -2.35. The highest BCUT2D eigenvalue weighted by Gasteiger charge is 2.20. The van der Waals surface area contributed by atoms with Crippen LogP contribution in [0.4, 0.5) is 5.69 Å². The third-order valence-electron chi connectivity index (χ3n) is 3.83. The molecule has 0 aromatic heterocycles. The van der Waals surface area contributed by atoms with Crippen LogP contribution in [-0.4, -0.2) is 26.7 Å². The molecule has 0 radical (unpaired) electrons. The van der Waals surface area contributed by atoms with Crippen LogP contribution in [0.15, 0.2) is 18.2 Å². The maximum absolute atomic E-state index is 6.12. The Morgan fingerprint density at radius 2 is 2.28 bits per heavy atom. The van der Waals surface area contributed by atoms with E-state index in [9.17, 15) is 0 Å². The summed E-state index contributed by atoms with van der Waals surface area (Å²) in [5.74, 6) is 0.810. The number of nitrogens with one attached hydrogen (secondary N) is 1. The summed E-state index contributed by atoms with van der Waals surface area (Å²) >= 11 is 6.12. The van der Waals surface area contributed by atoms with Gasteiger partial charge in [0.2, 0.25) is 0 Å². The summed E-state index contributed by atoms with van der Waals surface area (Å²) in [6, 6.07) is 6.20. The Hall–Kier alpha value is -0.730. The first-order valence-corrected chi connectivity index (χ1v) is 7.24. The number of aryl methyl sites for hydroxylation is 1. The molecule has 1 fully saturated rings. The van der Waals surface area contributed by atoms with Crippen LogP contribution in [-0.2, 0) is 0 Å². The van der Waals surface area contributed by atoms with Crippen molar-refractivity contribution in [2.24, 2.45) is 5.92 Å². The highest BCUT2D eigenvalue weighted by atomic mass is 35.5. The van der Waals surface area contributed by atoms with Crippen molar-refractivity contribution in [3.63, 3.8) is 0 Å². The van der Waals surface area contributed by atoms with Gasteiger partial charge in [0, 0.05) is 23.8 Å². The number of nitrogens with zero attached hydrogens (tertiary/aromatic N) is 1. The number of rotatable bonds is 4. The predicted octanol–water partition coefficient (Wildman–Crippen LogP) is 3.47. The Morgan fingerprint density at radius 3 is 3.06 bits per heavy atom. The minimum absolute atomic E-state index is 0.810. The molecule has 1 aliphatic heterocycles. The average molecular weight is 267 g/mol. The van der Waals surface area contributed by atoms with Crippen LogP contribution in [0.25, 0.3) is 0 Å². The molecular weight excluding hydrogens is 244 g/mol. The Kier molecular flexibility index (Phi) is 4.90. The number of piperidine rings is 1. The highest BCUT2D eigenvalue weighted by Crippen LogP contribution is 2.29. The number of benzene rings is 1. The number of anilines is 1. The van der Waals surface area contributed by atoms with E-state index in [-0.39, 0.29) is 0 Å². The van der Waals surface area contributed by atoms with E-state index in [1.807, 2.05) is 13.1 Å². The molecule has 1 saturated heterocycles. The van der Waals surface area contributed by atoms with Crippen molar-refractivity contribution >= 4 is 17.3 Å². The van der Waals surface area contributed by atoms with Crippen molar-refractivity contribution < 1.29 is 0 Å². The van der Waals surface area contributed by atoms with Crippen molar-refractivity contribution in [1.82, 2.24) is 5.32 Å². The summed E-state index contributed by atoms with van der Waals surface area (Å²) in [7, 11) is 2.03. The van der Waals surface area contributed by atoms with Crippen LogP contribution in [0.3, 0.4) is 0 Å². The molecular formula is C15H23ClN2. The van der Waals surface area contributed by atoms with Crippen LogP contribution in [0.5, 0.6) is 0 Å². The summed E-state index contributed by atoms with van der Waals surface area (Å²) in [6.45, 7) is 5.62. The van der Waals surface area contributed by atoms with Gasteiger partial charge in [-0.25, -0.2) is 0 Å². The van der Waals surface area contributed by atoms with E-state index in [0.717, 1.165) is 24.0 Å². The molecule has 3 heteroatoms. The van der Waals surface area contributed by atoms with E-state index in [0.29, 0.717) is 0 Å². The molecule has 0 amide bonds. The lowest BCUT2D eigenvalue weighted by atomic mass is 9.94. The molecule has 2 rings (SSSR count). The van der Waals surface area contributed by atoms with E-state index in [1.54, 1.807) is 0 Å². The van der Waals surface area contributed by atoms with Gasteiger partial charge in [0.1, 0.15) is 0 Å². The van der Waals surface area contributed by atoms with Crippen LogP contribution in [0.1, 0.15) is 24.8 Å². The monoisotopic (exact) mass is 266 g/mol. The van der Waals surface area contributed by atoms with Crippen molar-refractivity contribution in [1.29, 1.82) is 0 Å². The Labute approximate surface area is 115 Å². The van der Waals surface area contributed by atoms with Gasteiger partial charge in [-0.05, 0) is 63.4 Å². The van der Waals surface area contributed by atoms with Crippen LogP contribution in [0.2, 0.25) is 5.02 Å². The molecule has 1 unspecified atom stereocenters. The average Bonchev–Trinajstić information content (AvgIpc) is 2.39. The second kappa shape index (κ2) is 6.44. The van der Waals surface area contributed by atoms with Crippen molar-refractivity contribution in [3.8, 4) is 0 Å². The van der Waals surface area contributed by atoms with E-state index in [1.165, 1.54) is 37.1 Å². The van der Waals surface area contributed by atoms with Gasteiger partial charge in [-0.15, -0.1) is 0 Å². The Bertz CT molecular complexity index is 392. The normalized spacial score (nSPS) is 20.2. The molecule has 0 aliphatic carbocycles. The zero-order chi connectivity index (χ0) is 13.0. The van der Waals surface area contributed by atoms with Crippen molar-refractivity contribution in [2.45, 2.75) is 26.2 Å². The first-order chi connectivity index (χ1) is 8.70. The third kappa shape index (κ3) is 3.39. The summed E-state index contributed by atoms with van der Waals surface area (Å²) < 4.78 is 0. The lowest BCUT2D eigenvalue weighted by Crippen LogP contribution is -2.36. The zero-order valence-corrected chi connectivity index (χ0v) is 12.1. The van der Waals surface area contributed by atoms with E-state index >= 15 is 0 Å². The topological polar surface area (TPSA) is 15.3 Å². The molecule has 1 N–H and O–H groups in total. The van der Waals surface area contributed by atoms with Gasteiger partial charge in [0.25, 0.3) is 0 Å². The smallest absolute Gasteiger partial charge is 0.0426 e. The zero-order valence-electron chi connectivity index (χ0n) is 11.4. The largest absolute Gasteiger partial charge is 0.371 e. The fraction of sp³-hybridized carbons (Fsp3) is 0.600. The molecule has 100 valence electrons. The fourth-order valence-electron chi connectivity index (χ4n) is 2.79. The van der Waals surface area contributed by atoms with Crippen molar-refractivity contribution in [2.75, 3.05) is 31.6 Å². The van der Waals surface area contributed by atoms with E-state index in [4.69, 9.17) is 11.6 Å². The first-order valence-electron chi connectivity index (χ1n) is 6.86. The van der Waals surface area contributed by atoms with Crippen LogP contribution < -0.4 is 10.2 Å². The van der Waals surface area contributed by atoms with E-state index < -0.39 is 0 Å². The highest BCUT2D eigenvalue weighted by molar-refractivity contribution is 6.30. The molecule has 2 nitrogen and oxygen atoms in total.